The summed E-state index contributed by atoms with van der Waals surface area (Å²) in [7, 11) is 2.97. The van der Waals surface area contributed by atoms with E-state index in [0.29, 0.717) is 17.5 Å². The van der Waals surface area contributed by atoms with Gasteiger partial charge in [0.1, 0.15) is 24.2 Å². The van der Waals surface area contributed by atoms with E-state index in [0.717, 1.165) is 5.56 Å². The van der Waals surface area contributed by atoms with Gasteiger partial charge in [-0.15, -0.1) is 0 Å². The zero-order valence-corrected chi connectivity index (χ0v) is 13.0. The van der Waals surface area contributed by atoms with Crippen molar-refractivity contribution in [3.05, 3.63) is 29.0 Å². The summed E-state index contributed by atoms with van der Waals surface area (Å²) >= 11 is 5.71. The average Bonchev–Trinajstić information content (AvgIpc) is 2.52. The summed E-state index contributed by atoms with van der Waals surface area (Å²) in [6.45, 7) is 2.14. The Balaban J connectivity index is 2.64. The quantitative estimate of drug-likeness (QED) is 0.268. The number of halogens is 1. The molecule has 0 fully saturated rings. The smallest absolute Gasteiger partial charge is 0.398 e. The molecule has 22 heavy (non-hydrogen) atoms. The van der Waals surface area contributed by atoms with Crippen LogP contribution in [0, 0.1) is 11.3 Å². The minimum Gasteiger partial charge on any atom is -0.398 e. The van der Waals surface area contributed by atoms with Crippen LogP contribution in [-0.2, 0) is 21.0 Å². The predicted octanol–water partition coefficient (Wildman–Crippen LogP) is 1.57. The van der Waals surface area contributed by atoms with Gasteiger partial charge in [0.15, 0.2) is 0 Å². The van der Waals surface area contributed by atoms with E-state index in [9.17, 15) is 4.79 Å². The third-order valence-corrected chi connectivity index (χ3v) is 2.73. The summed E-state index contributed by atoms with van der Waals surface area (Å²) in [5.74, 6) is -0.566. The highest BCUT2D eigenvalue weighted by molar-refractivity contribution is 6.42. The zero-order chi connectivity index (χ0) is 16.5. The Kier molecular flexibility index (Phi) is 6.79. The first-order valence-corrected chi connectivity index (χ1v) is 6.44. The SMILES string of the molecule is CON=C(C#N)C(=O)ON=C(C)N(C)Cc1ccc(Cl)nc1. The highest BCUT2D eigenvalue weighted by Crippen LogP contribution is 2.07. The number of carbonyl (C=O) groups excluding carboxylic acids is 1. The lowest BCUT2D eigenvalue weighted by molar-refractivity contribution is -0.135. The number of pyridine rings is 1. The van der Waals surface area contributed by atoms with Crippen LogP contribution in [-0.4, -0.2) is 41.6 Å². The molecule has 1 aromatic heterocycles. The molecule has 0 atom stereocenters. The molecule has 0 aromatic carbocycles. The third kappa shape index (κ3) is 5.38. The maximum Gasteiger partial charge on any atom is 0.398 e. The van der Waals surface area contributed by atoms with Crippen molar-refractivity contribution in [2.75, 3.05) is 14.2 Å². The molecular formula is C13H14ClN5O3. The fourth-order valence-electron chi connectivity index (χ4n) is 1.30. The zero-order valence-electron chi connectivity index (χ0n) is 12.3. The van der Waals surface area contributed by atoms with Crippen LogP contribution in [0.1, 0.15) is 12.5 Å². The molecule has 0 radical (unpaired) electrons. The highest BCUT2D eigenvalue weighted by Gasteiger charge is 2.14. The molecule has 1 heterocycles. The third-order valence-electron chi connectivity index (χ3n) is 2.50. The predicted molar refractivity (Wildman–Crippen MR) is 80.0 cm³/mol. The molecule has 0 aliphatic carbocycles. The Morgan fingerprint density at radius 3 is 2.77 bits per heavy atom. The van der Waals surface area contributed by atoms with E-state index in [1.165, 1.54) is 7.11 Å². The van der Waals surface area contributed by atoms with Gasteiger partial charge >= 0.3 is 5.97 Å². The van der Waals surface area contributed by atoms with E-state index in [2.05, 4.69) is 25.0 Å². The number of nitriles is 1. The van der Waals surface area contributed by atoms with Gasteiger partial charge in [0.05, 0.1) is 0 Å². The first kappa shape index (κ1) is 17.4. The maximum atomic E-state index is 11.5. The van der Waals surface area contributed by atoms with Crippen LogP contribution < -0.4 is 0 Å². The summed E-state index contributed by atoms with van der Waals surface area (Å²) in [4.78, 5) is 26.2. The van der Waals surface area contributed by atoms with Gasteiger partial charge in [0.2, 0.25) is 0 Å². The van der Waals surface area contributed by atoms with Gasteiger partial charge in [-0.1, -0.05) is 28.0 Å². The van der Waals surface area contributed by atoms with Crippen molar-refractivity contribution in [2.45, 2.75) is 13.5 Å². The van der Waals surface area contributed by atoms with Crippen molar-refractivity contribution >= 4 is 29.1 Å². The van der Waals surface area contributed by atoms with Crippen molar-refractivity contribution < 1.29 is 14.5 Å². The van der Waals surface area contributed by atoms with Gasteiger partial charge in [0, 0.05) is 19.8 Å². The monoisotopic (exact) mass is 323 g/mol. The van der Waals surface area contributed by atoms with E-state index in [1.807, 2.05) is 6.07 Å². The van der Waals surface area contributed by atoms with Crippen LogP contribution in [0.15, 0.2) is 28.6 Å². The Labute approximate surface area is 132 Å². The average molecular weight is 324 g/mol. The molecule has 0 saturated heterocycles. The number of carbonyl (C=O) groups is 1. The van der Waals surface area contributed by atoms with Crippen LogP contribution in [0.3, 0.4) is 0 Å². The molecule has 0 aliphatic heterocycles. The first-order valence-electron chi connectivity index (χ1n) is 6.06. The molecule has 0 bridgehead atoms. The summed E-state index contributed by atoms with van der Waals surface area (Å²) in [6.07, 6.45) is 1.64. The van der Waals surface area contributed by atoms with Crippen LogP contribution in [0.5, 0.6) is 0 Å². The van der Waals surface area contributed by atoms with E-state index < -0.39 is 11.7 Å². The second kappa shape index (κ2) is 8.59. The van der Waals surface area contributed by atoms with Crippen LogP contribution >= 0.6 is 11.6 Å². The van der Waals surface area contributed by atoms with Crippen molar-refractivity contribution in [3.63, 3.8) is 0 Å². The molecule has 116 valence electrons. The highest BCUT2D eigenvalue weighted by atomic mass is 35.5. The van der Waals surface area contributed by atoms with Gasteiger partial charge in [-0.2, -0.15) is 5.26 Å². The molecular weight excluding hydrogens is 310 g/mol. The standard InChI is InChI=1S/C13H14ClN5O3/c1-9(17-22-13(20)11(6-15)18-21-3)19(2)8-10-4-5-12(14)16-7-10/h4-5,7H,8H2,1-3H3. The molecule has 0 aliphatic rings. The Morgan fingerprint density at radius 1 is 1.50 bits per heavy atom. The number of hydrogen-bond donors (Lipinski definition) is 0. The lowest BCUT2D eigenvalue weighted by atomic mass is 10.3. The van der Waals surface area contributed by atoms with Gasteiger partial charge in [0.25, 0.3) is 5.71 Å². The fourth-order valence-corrected chi connectivity index (χ4v) is 1.42. The van der Waals surface area contributed by atoms with E-state index in [-0.39, 0.29) is 0 Å². The van der Waals surface area contributed by atoms with Crippen LogP contribution in [0.4, 0.5) is 0 Å². The molecule has 9 heteroatoms. The molecule has 0 N–H and O–H groups in total. The molecule has 8 nitrogen and oxygen atoms in total. The second-order valence-corrected chi connectivity index (χ2v) is 4.48. The lowest BCUT2D eigenvalue weighted by Gasteiger charge is -2.17. The van der Waals surface area contributed by atoms with E-state index in [4.69, 9.17) is 16.9 Å². The minimum atomic E-state index is -0.995. The number of nitrogens with zero attached hydrogens (tertiary/aromatic N) is 5. The number of aromatic nitrogens is 1. The topological polar surface area (TPSA) is 100 Å². The molecule has 0 amide bonds. The summed E-state index contributed by atoms with van der Waals surface area (Å²) in [6, 6.07) is 5.05. The molecule has 0 spiro atoms. The number of hydrogen-bond acceptors (Lipinski definition) is 7. The molecule has 0 unspecified atom stereocenters. The summed E-state index contributed by atoms with van der Waals surface area (Å²) in [5, 5.41) is 16.0. The lowest BCUT2D eigenvalue weighted by Crippen LogP contribution is -2.25. The largest absolute Gasteiger partial charge is 0.398 e. The van der Waals surface area contributed by atoms with Crippen LogP contribution in [0.2, 0.25) is 5.15 Å². The van der Waals surface area contributed by atoms with Gasteiger partial charge in [-0.05, 0) is 18.6 Å². The molecule has 0 saturated carbocycles. The fraction of sp³-hybridized carbons (Fsp3) is 0.308. The molecule has 1 aromatic rings. The van der Waals surface area contributed by atoms with Crippen molar-refractivity contribution in [1.82, 2.24) is 9.88 Å². The second-order valence-electron chi connectivity index (χ2n) is 4.10. The minimum absolute atomic E-state index is 0.409. The number of amidine groups is 1. The summed E-state index contributed by atoms with van der Waals surface area (Å²) in [5.41, 5.74) is 0.384. The van der Waals surface area contributed by atoms with Gasteiger partial charge in [-0.25, -0.2) is 9.78 Å². The Hall–Kier alpha value is -2.66. The van der Waals surface area contributed by atoms with Crippen molar-refractivity contribution in [2.24, 2.45) is 10.3 Å². The van der Waals surface area contributed by atoms with Crippen molar-refractivity contribution in [1.29, 1.82) is 5.26 Å². The Morgan fingerprint density at radius 2 is 2.23 bits per heavy atom. The normalized spacial score (nSPS) is 11.6. The van der Waals surface area contributed by atoms with Gasteiger partial charge < -0.3 is 14.6 Å². The van der Waals surface area contributed by atoms with E-state index >= 15 is 0 Å². The molecule has 1 rings (SSSR count). The first-order chi connectivity index (χ1) is 10.5. The van der Waals surface area contributed by atoms with Crippen molar-refractivity contribution in [3.8, 4) is 6.07 Å². The Bertz CT molecular complexity index is 622. The van der Waals surface area contributed by atoms with Gasteiger partial charge in [-0.3, -0.25) is 0 Å². The maximum absolute atomic E-state index is 11.5. The summed E-state index contributed by atoms with van der Waals surface area (Å²) < 4.78 is 0. The number of oxime groups is 2. The van der Waals surface area contributed by atoms with E-state index in [1.54, 1.807) is 37.2 Å². The van der Waals surface area contributed by atoms with Crippen LogP contribution in [0.25, 0.3) is 0 Å². The number of rotatable bonds is 5.